The number of benzene rings is 3. The van der Waals surface area contributed by atoms with E-state index in [1.54, 1.807) is 0 Å². The van der Waals surface area contributed by atoms with Crippen molar-refractivity contribution in [2.24, 2.45) is 0 Å². The molecule has 1 heterocycles. The number of hydrogen-bond donors (Lipinski definition) is 0. The summed E-state index contributed by atoms with van der Waals surface area (Å²) in [7, 11) is 0. The Balaban J connectivity index is 1.95. The lowest BCUT2D eigenvalue weighted by Gasteiger charge is -2.21. The third-order valence-corrected chi connectivity index (χ3v) is 4.97. The smallest absolute Gasteiger partial charge is 0.0937 e. The standard InChI is InChI=1S/C21H16N2/c1-21(2)18-14-8-4-3-7-13(14)11-12-15(18)19-20(21)23-17-10-6-5-9-16(17)22-19/h3-12H,1-2H3. The Kier molecular flexibility index (Phi) is 2.31. The molecule has 0 aliphatic heterocycles. The van der Waals surface area contributed by atoms with Gasteiger partial charge in [0, 0.05) is 11.0 Å². The lowest BCUT2D eigenvalue weighted by molar-refractivity contribution is 0.643. The van der Waals surface area contributed by atoms with Gasteiger partial charge in [-0.3, -0.25) is 0 Å². The predicted octanol–water partition coefficient (Wildman–Crippen LogP) is 5.09. The van der Waals surface area contributed by atoms with Crippen molar-refractivity contribution >= 4 is 21.8 Å². The van der Waals surface area contributed by atoms with Gasteiger partial charge in [0.2, 0.25) is 0 Å². The van der Waals surface area contributed by atoms with E-state index in [1.807, 2.05) is 24.3 Å². The maximum absolute atomic E-state index is 4.97. The second kappa shape index (κ2) is 4.17. The molecule has 1 aliphatic carbocycles. The molecule has 4 aromatic rings. The normalized spacial score (nSPS) is 14.9. The van der Waals surface area contributed by atoms with E-state index in [1.165, 1.54) is 21.9 Å². The predicted molar refractivity (Wildman–Crippen MR) is 94.6 cm³/mol. The van der Waals surface area contributed by atoms with Gasteiger partial charge in [0.1, 0.15) is 0 Å². The lowest BCUT2D eigenvalue weighted by Crippen LogP contribution is -2.17. The van der Waals surface area contributed by atoms with Crippen molar-refractivity contribution in [2.45, 2.75) is 19.3 Å². The zero-order valence-electron chi connectivity index (χ0n) is 13.2. The second-order valence-corrected chi connectivity index (χ2v) is 6.74. The average Bonchev–Trinajstić information content (AvgIpc) is 2.81. The maximum atomic E-state index is 4.97. The molecular weight excluding hydrogens is 280 g/mol. The summed E-state index contributed by atoms with van der Waals surface area (Å²) in [5.74, 6) is 0. The Hall–Kier alpha value is -2.74. The van der Waals surface area contributed by atoms with Gasteiger partial charge in [-0.05, 0) is 28.5 Å². The molecule has 0 spiro atoms. The topological polar surface area (TPSA) is 25.8 Å². The summed E-state index contributed by atoms with van der Waals surface area (Å²) in [6, 6.07) is 21.1. The first-order valence-electron chi connectivity index (χ1n) is 7.96. The van der Waals surface area contributed by atoms with Crippen LogP contribution in [-0.2, 0) is 5.41 Å². The summed E-state index contributed by atoms with van der Waals surface area (Å²) in [6.45, 7) is 4.51. The Morgan fingerprint density at radius 1 is 0.739 bits per heavy atom. The van der Waals surface area contributed by atoms with Crippen molar-refractivity contribution in [2.75, 3.05) is 0 Å². The van der Waals surface area contributed by atoms with Crippen LogP contribution in [0.2, 0.25) is 0 Å². The van der Waals surface area contributed by atoms with Gasteiger partial charge in [-0.2, -0.15) is 0 Å². The summed E-state index contributed by atoms with van der Waals surface area (Å²) < 4.78 is 0. The van der Waals surface area contributed by atoms with Gasteiger partial charge in [0.05, 0.1) is 22.4 Å². The van der Waals surface area contributed by atoms with Crippen LogP contribution in [0.5, 0.6) is 0 Å². The van der Waals surface area contributed by atoms with Crippen molar-refractivity contribution in [3.8, 4) is 11.3 Å². The molecule has 3 aromatic carbocycles. The summed E-state index contributed by atoms with van der Waals surface area (Å²) >= 11 is 0. The first-order chi connectivity index (χ1) is 11.2. The van der Waals surface area contributed by atoms with E-state index in [0.717, 1.165) is 22.4 Å². The molecule has 0 N–H and O–H groups in total. The minimum absolute atomic E-state index is 0.136. The monoisotopic (exact) mass is 296 g/mol. The van der Waals surface area contributed by atoms with E-state index in [4.69, 9.17) is 9.97 Å². The van der Waals surface area contributed by atoms with Crippen molar-refractivity contribution in [3.63, 3.8) is 0 Å². The molecule has 0 saturated heterocycles. The van der Waals surface area contributed by atoms with Crippen LogP contribution in [-0.4, -0.2) is 9.97 Å². The summed E-state index contributed by atoms with van der Waals surface area (Å²) in [4.78, 5) is 9.90. The van der Waals surface area contributed by atoms with E-state index >= 15 is 0 Å². The molecule has 23 heavy (non-hydrogen) atoms. The second-order valence-electron chi connectivity index (χ2n) is 6.74. The quantitative estimate of drug-likeness (QED) is 0.452. The van der Waals surface area contributed by atoms with E-state index in [9.17, 15) is 0 Å². The van der Waals surface area contributed by atoms with Crippen LogP contribution in [0.15, 0.2) is 60.7 Å². The zero-order valence-corrected chi connectivity index (χ0v) is 13.2. The molecule has 0 atom stereocenters. The minimum atomic E-state index is -0.136. The molecule has 110 valence electrons. The van der Waals surface area contributed by atoms with Gasteiger partial charge >= 0.3 is 0 Å². The number of fused-ring (bicyclic) bond motifs is 6. The molecule has 2 heteroatoms. The van der Waals surface area contributed by atoms with Crippen LogP contribution in [0.3, 0.4) is 0 Å². The number of nitrogens with zero attached hydrogens (tertiary/aromatic N) is 2. The Labute approximate surface area is 134 Å². The highest BCUT2D eigenvalue weighted by molar-refractivity contribution is 5.97. The molecule has 2 nitrogen and oxygen atoms in total. The molecule has 0 bridgehead atoms. The van der Waals surface area contributed by atoms with E-state index in [2.05, 4.69) is 50.2 Å². The molecule has 0 amide bonds. The largest absolute Gasteiger partial charge is 0.248 e. The highest BCUT2D eigenvalue weighted by Gasteiger charge is 2.39. The number of para-hydroxylation sites is 2. The summed E-state index contributed by atoms with van der Waals surface area (Å²) in [5.41, 5.74) is 6.49. The zero-order chi connectivity index (χ0) is 15.6. The van der Waals surface area contributed by atoms with Crippen LogP contribution in [0, 0.1) is 0 Å². The highest BCUT2D eigenvalue weighted by atomic mass is 14.9. The van der Waals surface area contributed by atoms with E-state index in [0.29, 0.717) is 0 Å². The molecule has 1 aliphatic rings. The fourth-order valence-electron chi connectivity index (χ4n) is 3.88. The number of hydrogen-bond acceptors (Lipinski definition) is 2. The maximum Gasteiger partial charge on any atom is 0.0937 e. The first kappa shape index (κ1) is 12.8. The van der Waals surface area contributed by atoms with Crippen LogP contribution in [0.25, 0.3) is 33.1 Å². The fourth-order valence-corrected chi connectivity index (χ4v) is 3.88. The van der Waals surface area contributed by atoms with Crippen LogP contribution >= 0.6 is 0 Å². The molecule has 0 radical (unpaired) electrons. The Morgan fingerprint density at radius 2 is 1.43 bits per heavy atom. The average molecular weight is 296 g/mol. The van der Waals surface area contributed by atoms with Crippen molar-refractivity contribution in [1.29, 1.82) is 0 Å². The van der Waals surface area contributed by atoms with Crippen LogP contribution in [0.1, 0.15) is 25.1 Å². The SMILES string of the molecule is CC1(C)c2nc3ccccc3nc2-c2ccc3ccccc3c21. The molecule has 1 aromatic heterocycles. The Morgan fingerprint density at radius 3 is 2.26 bits per heavy atom. The van der Waals surface area contributed by atoms with E-state index < -0.39 is 0 Å². The molecule has 0 unspecified atom stereocenters. The number of rotatable bonds is 0. The lowest BCUT2D eigenvalue weighted by atomic mass is 9.82. The third kappa shape index (κ3) is 1.58. The molecule has 0 saturated carbocycles. The van der Waals surface area contributed by atoms with Gasteiger partial charge in [-0.15, -0.1) is 0 Å². The van der Waals surface area contributed by atoms with Gasteiger partial charge in [0.25, 0.3) is 0 Å². The van der Waals surface area contributed by atoms with Crippen LogP contribution in [0.4, 0.5) is 0 Å². The minimum Gasteiger partial charge on any atom is -0.248 e. The van der Waals surface area contributed by atoms with Gasteiger partial charge < -0.3 is 0 Å². The van der Waals surface area contributed by atoms with Gasteiger partial charge in [-0.1, -0.05) is 62.4 Å². The summed E-state index contributed by atoms with van der Waals surface area (Å²) in [6.07, 6.45) is 0. The van der Waals surface area contributed by atoms with Crippen molar-refractivity contribution < 1.29 is 0 Å². The Bertz CT molecular complexity index is 1090. The fraction of sp³-hybridized carbons (Fsp3) is 0.143. The van der Waals surface area contributed by atoms with Crippen LogP contribution < -0.4 is 0 Å². The highest BCUT2D eigenvalue weighted by Crippen LogP contribution is 2.49. The van der Waals surface area contributed by atoms with Gasteiger partial charge in [0.15, 0.2) is 0 Å². The van der Waals surface area contributed by atoms with Gasteiger partial charge in [-0.25, -0.2) is 9.97 Å². The summed E-state index contributed by atoms with van der Waals surface area (Å²) in [5, 5.41) is 2.58. The van der Waals surface area contributed by atoms with Crippen molar-refractivity contribution in [3.05, 3.63) is 71.9 Å². The molecule has 5 rings (SSSR count). The first-order valence-corrected chi connectivity index (χ1v) is 7.96. The number of aromatic nitrogens is 2. The third-order valence-electron chi connectivity index (χ3n) is 4.97. The van der Waals surface area contributed by atoms with Crippen molar-refractivity contribution in [1.82, 2.24) is 9.97 Å². The van der Waals surface area contributed by atoms with E-state index in [-0.39, 0.29) is 5.41 Å². The molecular formula is C21H16N2. The molecule has 0 fully saturated rings.